The molecule has 158 valence electrons. The molecule has 0 saturated heterocycles. The summed E-state index contributed by atoms with van der Waals surface area (Å²) in [6.07, 6.45) is -27.0. The maximum atomic E-state index is 13.2. The molecule has 1 aliphatic heterocycles. The largest absolute Gasteiger partial charge is 0.448 e. The molecule has 1 aliphatic rings. The average Bonchev–Trinajstić information content (AvgIpc) is 2.51. The lowest BCUT2D eigenvalue weighted by atomic mass is 10.1. The molecule has 2 rings (SSSR count). The topological polar surface area (TPSA) is 21.6 Å². The smallest absolute Gasteiger partial charge is 0.304 e. The van der Waals surface area contributed by atoms with Crippen molar-refractivity contribution in [2.24, 2.45) is 4.99 Å². The first kappa shape index (κ1) is 22.6. The van der Waals surface area contributed by atoms with Gasteiger partial charge < -0.3 is 4.74 Å². The van der Waals surface area contributed by atoms with Crippen LogP contribution in [0.2, 0.25) is 0 Å². The number of thioether (sulfide) groups is 1. The van der Waals surface area contributed by atoms with E-state index in [2.05, 4.69) is 9.73 Å². The summed E-state index contributed by atoms with van der Waals surface area (Å²) in [4.78, 5) is -3.72. The number of hydrogen-bond acceptors (Lipinski definition) is 3. The summed E-state index contributed by atoms with van der Waals surface area (Å²) >= 11 is -1.44. The Kier molecular flexibility index (Phi) is 5.20. The summed E-state index contributed by atoms with van der Waals surface area (Å²) in [5.74, 6) is 0. The third-order valence-corrected chi connectivity index (χ3v) is 4.68. The van der Waals surface area contributed by atoms with E-state index in [-0.39, 0.29) is 0 Å². The van der Waals surface area contributed by atoms with Crippen molar-refractivity contribution in [2.75, 3.05) is 0 Å². The SMILES string of the molecule is FC(F)(F)C1(C(F)(F)F)N=C(c2ccccc2)SC(C(F)(F)F)(C(F)(F)F)O1. The third-order valence-electron chi connectivity index (χ3n) is 3.33. The molecule has 0 bridgehead atoms. The molecule has 0 fully saturated rings. The highest BCUT2D eigenvalue weighted by atomic mass is 32.2. The molecule has 0 saturated carbocycles. The fourth-order valence-electron chi connectivity index (χ4n) is 2.05. The number of hydrogen-bond donors (Lipinski definition) is 0. The standard InChI is InChI=1S/C13H5F12NOS/c14-10(15,16)8(11(17,18)19)26-7(6-4-2-1-3-5-6)28-9(27-8,12(20,21)22)13(23,24)25/h1-5H. The molecule has 2 nitrogen and oxygen atoms in total. The Morgan fingerprint density at radius 2 is 1.11 bits per heavy atom. The summed E-state index contributed by atoms with van der Waals surface area (Å²) < 4.78 is 162. The minimum Gasteiger partial charge on any atom is -0.304 e. The molecular formula is C13H5F12NOS. The Bertz CT molecular complexity index is 718. The van der Waals surface area contributed by atoms with Crippen molar-refractivity contribution in [1.29, 1.82) is 0 Å². The number of ether oxygens (including phenoxy) is 1. The molecule has 1 aromatic carbocycles. The lowest BCUT2D eigenvalue weighted by molar-refractivity contribution is -0.442. The van der Waals surface area contributed by atoms with Gasteiger partial charge in [-0.25, -0.2) is 4.99 Å². The molecule has 0 aliphatic carbocycles. The van der Waals surface area contributed by atoms with Gasteiger partial charge in [0.05, 0.1) is 0 Å². The van der Waals surface area contributed by atoms with E-state index in [1.165, 1.54) is 6.07 Å². The van der Waals surface area contributed by atoms with Crippen molar-refractivity contribution >= 4 is 16.8 Å². The van der Waals surface area contributed by atoms with Crippen LogP contribution in [0.4, 0.5) is 52.7 Å². The highest BCUT2D eigenvalue weighted by molar-refractivity contribution is 8.15. The van der Waals surface area contributed by atoms with Crippen molar-refractivity contribution in [3.05, 3.63) is 35.9 Å². The molecule has 0 radical (unpaired) electrons. The Hall–Kier alpha value is -1.64. The lowest BCUT2D eigenvalue weighted by Crippen LogP contribution is -2.69. The van der Waals surface area contributed by atoms with Crippen LogP contribution in [0.3, 0.4) is 0 Å². The number of aliphatic imine (C=N–C) groups is 1. The van der Waals surface area contributed by atoms with E-state index in [0.29, 0.717) is 12.1 Å². The molecular weight excluding hydrogens is 446 g/mol. The van der Waals surface area contributed by atoms with E-state index in [1.807, 2.05) is 0 Å². The van der Waals surface area contributed by atoms with Gasteiger partial charge in [-0.3, -0.25) is 0 Å². The van der Waals surface area contributed by atoms with Crippen LogP contribution in [0.25, 0.3) is 0 Å². The molecule has 0 unspecified atom stereocenters. The van der Waals surface area contributed by atoms with Gasteiger partial charge in [-0.05, 0) is 0 Å². The normalized spacial score (nSPS) is 20.6. The van der Waals surface area contributed by atoms with Crippen LogP contribution >= 0.6 is 11.8 Å². The van der Waals surface area contributed by atoms with Crippen LogP contribution in [0.1, 0.15) is 5.56 Å². The number of halogens is 12. The molecule has 0 aromatic heterocycles. The maximum absolute atomic E-state index is 13.2. The van der Waals surface area contributed by atoms with Gasteiger partial charge in [-0.2, -0.15) is 52.7 Å². The minimum absolute atomic E-state index is 0.701. The molecule has 0 spiro atoms. The summed E-state index contributed by atoms with van der Waals surface area (Å²) in [6, 6.07) is 4.52. The molecule has 15 heteroatoms. The van der Waals surface area contributed by atoms with Gasteiger partial charge in [0.2, 0.25) is 0 Å². The predicted octanol–water partition coefficient (Wildman–Crippen LogP) is 5.84. The van der Waals surface area contributed by atoms with Crippen molar-refractivity contribution in [3.8, 4) is 0 Å². The van der Waals surface area contributed by atoms with Gasteiger partial charge >= 0.3 is 35.4 Å². The van der Waals surface area contributed by atoms with Crippen LogP contribution in [-0.4, -0.2) is 40.4 Å². The lowest BCUT2D eigenvalue weighted by Gasteiger charge is -2.46. The Labute approximate surface area is 151 Å². The van der Waals surface area contributed by atoms with Crippen LogP contribution in [0, 0.1) is 0 Å². The van der Waals surface area contributed by atoms with Gasteiger partial charge in [0.1, 0.15) is 5.04 Å². The first-order chi connectivity index (χ1) is 12.4. The van der Waals surface area contributed by atoms with E-state index in [4.69, 9.17) is 0 Å². The Morgan fingerprint density at radius 1 is 0.679 bits per heavy atom. The van der Waals surface area contributed by atoms with Crippen LogP contribution in [0.5, 0.6) is 0 Å². The van der Waals surface area contributed by atoms with Crippen molar-refractivity contribution < 1.29 is 57.4 Å². The fourth-order valence-corrected chi connectivity index (χ4v) is 3.15. The van der Waals surface area contributed by atoms with Gasteiger partial charge in [0.15, 0.2) is 0 Å². The highest BCUT2D eigenvalue weighted by Gasteiger charge is 2.85. The van der Waals surface area contributed by atoms with Crippen LogP contribution < -0.4 is 0 Å². The van der Waals surface area contributed by atoms with Gasteiger partial charge in [-0.1, -0.05) is 42.1 Å². The van der Waals surface area contributed by atoms with Crippen molar-refractivity contribution in [2.45, 2.75) is 35.4 Å². The van der Waals surface area contributed by atoms with E-state index in [1.54, 1.807) is 0 Å². The second-order valence-electron chi connectivity index (χ2n) is 5.24. The quantitative estimate of drug-likeness (QED) is 0.501. The first-order valence-corrected chi connectivity index (χ1v) is 7.51. The zero-order valence-corrected chi connectivity index (χ0v) is 13.5. The monoisotopic (exact) mass is 451 g/mol. The molecule has 0 amide bonds. The molecule has 28 heavy (non-hydrogen) atoms. The van der Waals surface area contributed by atoms with Gasteiger partial charge in [0, 0.05) is 5.56 Å². The highest BCUT2D eigenvalue weighted by Crippen LogP contribution is 2.62. The first-order valence-electron chi connectivity index (χ1n) is 6.69. The number of alkyl halides is 12. The summed E-state index contributed by atoms with van der Waals surface area (Å²) in [5, 5.41) is -1.80. The van der Waals surface area contributed by atoms with Crippen LogP contribution in [0.15, 0.2) is 35.3 Å². The number of benzene rings is 1. The molecule has 1 aromatic rings. The van der Waals surface area contributed by atoms with E-state index < -0.39 is 57.7 Å². The van der Waals surface area contributed by atoms with E-state index >= 15 is 0 Å². The zero-order chi connectivity index (χ0) is 21.8. The number of nitrogens with zero attached hydrogens (tertiary/aromatic N) is 1. The van der Waals surface area contributed by atoms with Crippen LogP contribution in [-0.2, 0) is 4.74 Å². The second kappa shape index (κ2) is 6.43. The fraction of sp³-hybridized carbons (Fsp3) is 0.462. The van der Waals surface area contributed by atoms with Crippen molar-refractivity contribution in [1.82, 2.24) is 0 Å². The molecule has 1 heterocycles. The van der Waals surface area contributed by atoms with E-state index in [9.17, 15) is 52.7 Å². The summed E-state index contributed by atoms with van der Waals surface area (Å²) in [7, 11) is 0. The van der Waals surface area contributed by atoms with Gasteiger partial charge in [0.25, 0.3) is 0 Å². The third kappa shape index (κ3) is 3.42. The van der Waals surface area contributed by atoms with Gasteiger partial charge in [-0.15, -0.1) is 0 Å². The molecule has 0 N–H and O–H groups in total. The zero-order valence-electron chi connectivity index (χ0n) is 12.7. The Balaban J connectivity index is 2.93. The Morgan fingerprint density at radius 3 is 1.46 bits per heavy atom. The minimum atomic E-state index is -6.80. The average molecular weight is 451 g/mol. The predicted molar refractivity (Wildman–Crippen MR) is 71.3 cm³/mol. The summed E-state index contributed by atoms with van der Waals surface area (Å²) in [6.45, 7) is 0. The van der Waals surface area contributed by atoms with E-state index in [0.717, 1.165) is 12.1 Å². The summed E-state index contributed by atoms with van der Waals surface area (Å²) in [5.41, 5.74) is -6.92. The maximum Gasteiger partial charge on any atom is 0.448 e. The van der Waals surface area contributed by atoms with Crippen molar-refractivity contribution in [3.63, 3.8) is 0 Å². The molecule has 0 atom stereocenters. The number of rotatable bonds is 1. The second-order valence-corrected chi connectivity index (χ2v) is 6.40.